The van der Waals surface area contributed by atoms with Gasteiger partial charge in [0.1, 0.15) is 17.4 Å². The first-order valence-electron chi connectivity index (χ1n) is 10.7. The third-order valence-corrected chi connectivity index (χ3v) is 11.3. The van der Waals surface area contributed by atoms with Crippen LogP contribution in [-0.2, 0) is 16.0 Å². The number of amides is 1. The van der Waals surface area contributed by atoms with Gasteiger partial charge in [-0.05, 0) is 55.1 Å². The number of carbonyl (C=O) groups is 2. The zero-order chi connectivity index (χ0) is 23.3. The van der Waals surface area contributed by atoms with E-state index in [4.69, 9.17) is 9.16 Å². The molecule has 0 aliphatic rings. The summed E-state index contributed by atoms with van der Waals surface area (Å²) < 4.78 is 11.9. The van der Waals surface area contributed by atoms with Gasteiger partial charge in [-0.2, -0.15) is 0 Å². The maximum Gasteiger partial charge on any atom is 0.408 e. The molecule has 0 saturated heterocycles. The minimum absolute atomic E-state index is 0.144. The summed E-state index contributed by atoms with van der Waals surface area (Å²) in [5.74, 6) is -0.348. The highest BCUT2D eigenvalue weighted by molar-refractivity contribution is 6.78. The van der Waals surface area contributed by atoms with Gasteiger partial charge in [0.15, 0.2) is 0 Å². The number of carbonyl (C=O) groups excluding carboxylic acids is 1. The molecule has 0 radical (unpaired) electrons. The summed E-state index contributed by atoms with van der Waals surface area (Å²) in [5, 5.41) is 12.0. The molecule has 1 rings (SSSR count). The van der Waals surface area contributed by atoms with Crippen molar-refractivity contribution in [3.8, 4) is 5.75 Å². The Morgan fingerprint density at radius 3 is 2.00 bits per heavy atom. The molecule has 0 aliphatic heterocycles. The molecule has 7 heteroatoms. The van der Waals surface area contributed by atoms with Crippen molar-refractivity contribution in [2.24, 2.45) is 0 Å². The summed E-state index contributed by atoms with van der Waals surface area (Å²) in [6, 6.07) is 6.45. The number of aliphatic carboxylic acids is 1. The standard InChI is InChI=1S/C23H39NO5Si/c1-15(2)30(16(3)4,17(5)6)29-19-12-10-11-18(13-19)14-20(21(25)26)24-22(27)28-23(7,8)9/h10-13,15-17,20H,14H2,1-9H3,(H,24,27)(H,25,26). The highest BCUT2D eigenvalue weighted by atomic mass is 28.4. The number of alkyl carbamates (subject to hydrolysis) is 1. The Labute approximate surface area is 182 Å². The monoisotopic (exact) mass is 437 g/mol. The number of ether oxygens (including phenoxy) is 1. The normalized spacial score (nSPS) is 13.5. The fraction of sp³-hybridized carbons (Fsp3) is 0.652. The Hall–Kier alpha value is -2.02. The minimum Gasteiger partial charge on any atom is -0.543 e. The van der Waals surface area contributed by atoms with E-state index in [-0.39, 0.29) is 6.42 Å². The summed E-state index contributed by atoms with van der Waals surface area (Å²) in [7, 11) is -2.11. The Bertz CT molecular complexity index is 703. The molecular weight excluding hydrogens is 398 g/mol. The maximum absolute atomic E-state index is 12.0. The zero-order valence-corrected chi connectivity index (χ0v) is 20.9. The summed E-state index contributed by atoms with van der Waals surface area (Å²) in [6.07, 6.45) is -0.598. The lowest BCUT2D eigenvalue weighted by Crippen LogP contribution is -2.50. The molecule has 1 amide bonds. The Morgan fingerprint density at radius 2 is 1.57 bits per heavy atom. The topological polar surface area (TPSA) is 84.9 Å². The lowest BCUT2D eigenvalue weighted by molar-refractivity contribution is -0.139. The highest BCUT2D eigenvalue weighted by Crippen LogP contribution is 2.42. The van der Waals surface area contributed by atoms with Crippen molar-refractivity contribution in [1.82, 2.24) is 5.32 Å². The third-order valence-electron chi connectivity index (χ3n) is 5.33. The van der Waals surface area contributed by atoms with Crippen molar-refractivity contribution < 1.29 is 23.9 Å². The molecular formula is C23H39NO5Si. The Morgan fingerprint density at radius 1 is 1.03 bits per heavy atom. The first-order chi connectivity index (χ1) is 13.7. The molecule has 1 atom stereocenters. The average molecular weight is 438 g/mol. The first kappa shape index (κ1) is 26.0. The van der Waals surface area contributed by atoms with E-state index in [1.54, 1.807) is 20.8 Å². The highest BCUT2D eigenvalue weighted by Gasteiger charge is 2.47. The van der Waals surface area contributed by atoms with Crippen LogP contribution >= 0.6 is 0 Å². The molecule has 30 heavy (non-hydrogen) atoms. The molecule has 0 aromatic heterocycles. The second-order valence-corrected chi connectivity index (χ2v) is 15.2. The third kappa shape index (κ3) is 7.04. The maximum atomic E-state index is 12.0. The zero-order valence-electron chi connectivity index (χ0n) is 19.9. The fourth-order valence-corrected chi connectivity index (χ4v) is 9.42. The van der Waals surface area contributed by atoms with E-state index >= 15 is 0 Å². The van der Waals surface area contributed by atoms with Crippen LogP contribution < -0.4 is 9.74 Å². The molecule has 2 N–H and O–H groups in total. The quantitative estimate of drug-likeness (QED) is 0.480. The van der Waals surface area contributed by atoms with E-state index in [2.05, 4.69) is 46.9 Å². The van der Waals surface area contributed by atoms with Gasteiger partial charge in [-0.3, -0.25) is 0 Å². The molecule has 0 saturated carbocycles. The lowest BCUT2D eigenvalue weighted by Gasteiger charge is -2.42. The van der Waals surface area contributed by atoms with E-state index in [0.29, 0.717) is 16.6 Å². The smallest absolute Gasteiger partial charge is 0.408 e. The molecule has 0 spiro atoms. The Kier molecular flexibility index (Phi) is 8.96. The van der Waals surface area contributed by atoms with E-state index in [0.717, 1.165) is 11.3 Å². The Balaban J connectivity index is 3.06. The molecule has 0 fully saturated rings. The van der Waals surface area contributed by atoms with Gasteiger partial charge in [0.05, 0.1) is 0 Å². The van der Waals surface area contributed by atoms with Crippen molar-refractivity contribution in [3.05, 3.63) is 29.8 Å². The second-order valence-electron chi connectivity index (χ2n) is 9.81. The van der Waals surface area contributed by atoms with E-state index in [9.17, 15) is 14.7 Å². The summed E-state index contributed by atoms with van der Waals surface area (Å²) in [5.41, 5.74) is 1.39. The number of carboxylic acids is 1. The number of nitrogens with one attached hydrogen (secondary N) is 1. The molecule has 0 heterocycles. The number of hydrogen-bond acceptors (Lipinski definition) is 4. The molecule has 1 aromatic rings. The van der Waals surface area contributed by atoms with Gasteiger partial charge in [-0.15, -0.1) is 0 Å². The van der Waals surface area contributed by atoms with Gasteiger partial charge in [0.2, 0.25) is 0 Å². The van der Waals surface area contributed by atoms with Crippen LogP contribution in [0, 0.1) is 0 Å². The summed E-state index contributed by atoms with van der Waals surface area (Å²) in [4.78, 5) is 23.7. The number of rotatable bonds is 9. The van der Waals surface area contributed by atoms with Gasteiger partial charge >= 0.3 is 12.1 Å². The van der Waals surface area contributed by atoms with Crippen LogP contribution in [0.25, 0.3) is 0 Å². The van der Waals surface area contributed by atoms with Crippen LogP contribution in [0.4, 0.5) is 4.79 Å². The fourth-order valence-electron chi connectivity index (χ4n) is 4.18. The van der Waals surface area contributed by atoms with Gasteiger partial charge in [0, 0.05) is 6.42 Å². The summed E-state index contributed by atoms with van der Waals surface area (Å²) in [6.45, 7) is 18.5. The second kappa shape index (κ2) is 10.3. The first-order valence-corrected chi connectivity index (χ1v) is 12.8. The molecule has 170 valence electrons. The average Bonchev–Trinajstić information content (AvgIpc) is 2.56. The van der Waals surface area contributed by atoms with Crippen molar-refractivity contribution in [2.45, 2.75) is 97.0 Å². The van der Waals surface area contributed by atoms with Crippen LogP contribution in [0.2, 0.25) is 16.6 Å². The number of hydrogen-bond donors (Lipinski definition) is 2. The van der Waals surface area contributed by atoms with Crippen LogP contribution in [0.5, 0.6) is 5.75 Å². The van der Waals surface area contributed by atoms with Crippen LogP contribution in [0.15, 0.2) is 24.3 Å². The molecule has 0 aliphatic carbocycles. The van der Waals surface area contributed by atoms with Gasteiger partial charge in [0.25, 0.3) is 8.32 Å². The molecule has 6 nitrogen and oxygen atoms in total. The molecule has 0 bridgehead atoms. The molecule has 1 aromatic carbocycles. The SMILES string of the molecule is CC(C)[Si](Oc1cccc(CC(NC(=O)OC(C)(C)C)C(=O)O)c1)(C(C)C)C(C)C. The van der Waals surface area contributed by atoms with Gasteiger partial charge < -0.3 is 19.6 Å². The van der Waals surface area contributed by atoms with Crippen molar-refractivity contribution in [2.75, 3.05) is 0 Å². The predicted molar refractivity (Wildman–Crippen MR) is 123 cm³/mol. The van der Waals surface area contributed by atoms with E-state index < -0.39 is 32.0 Å². The van der Waals surface area contributed by atoms with Gasteiger partial charge in [-0.25, -0.2) is 9.59 Å². The number of benzene rings is 1. The molecule has 1 unspecified atom stereocenters. The van der Waals surface area contributed by atoms with Crippen molar-refractivity contribution in [3.63, 3.8) is 0 Å². The van der Waals surface area contributed by atoms with Crippen molar-refractivity contribution in [1.29, 1.82) is 0 Å². The van der Waals surface area contributed by atoms with Gasteiger partial charge in [-0.1, -0.05) is 53.7 Å². The van der Waals surface area contributed by atoms with Crippen LogP contribution in [-0.4, -0.2) is 37.1 Å². The van der Waals surface area contributed by atoms with Crippen LogP contribution in [0.3, 0.4) is 0 Å². The number of carboxylic acid groups (broad SMARTS) is 1. The lowest BCUT2D eigenvalue weighted by atomic mass is 10.1. The van der Waals surface area contributed by atoms with Crippen molar-refractivity contribution >= 4 is 20.4 Å². The van der Waals surface area contributed by atoms with E-state index in [1.807, 2.05) is 24.3 Å². The summed E-state index contributed by atoms with van der Waals surface area (Å²) >= 11 is 0. The van der Waals surface area contributed by atoms with E-state index in [1.165, 1.54) is 0 Å². The minimum atomic E-state index is -2.11. The largest absolute Gasteiger partial charge is 0.543 e. The van der Waals surface area contributed by atoms with Crippen LogP contribution in [0.1, 0.15) is 67.9 Å². The predicted octanol–water partition coefficient (Wildman–Crippen LogP) is 5.76.